The summed E-state index contributed by atoms with van der Waals surface area (Å²) >= 11 is 0. The van der Waals surface area contributed by atoms with Gasteiger partial charge in [0, 0.05) is 36.2 Å². The second-order valence-electron chi connectivity index (χ2n) is 10.4. The molecule has 2 saturated heterocycles. The Morgan fingerprint density at radius 3 is 2.19 bits per heavy atom. The van der Waals surface area contributed by atoms with Gasteiger partial charge in [-0.25, -0.2) is 0 Å². The molecule has 202 valence electrons. The van der Waals surface area contributed by atoms with E-state index in [2.05, 4.69) is 43.2 Å². The Morgan fingerprint density at radius 2 is 1.61 bits per heavy atom. The van der Waals surface area contributed by atoms with Gasteiger partial charge in [0.05, 0.1) is 5.56 Å². The fourth-order valence-corrected chi connectivity index (χ4v) is 5.25. The number of hydrogen-bond donors (Lipinski definition) is 2. The Labute approximate surface area is 224 Å². The number of aromatic nitrogens is 1. The van der Waals surface area contributed by atoms with E-state index in [0.717, 1.165) is 42.4 Å². The third kappa shape index (κ3) is 8.32. The first-order valence-electron chi connectivity index (χ1n) is 13.8. The number of rotatable bonds is 8. The third-order valence-electron chi connectivity index (χ3n) is 7.78. The van der Waals surface area contributed by atoms with E-state index in [9.17, 15) is 9.59 Å². The first-order chi connectivity index (χ1) is 16.9. The van der Waals surface area contributed by atoms with Gasteiger partial charge in [0.1, 0.15) is 0 Å². The van der Waals surface area contributed by atoms with Crippen LogP contribution < -0.4 is 10.6 Å². The van der Waals surface area contributed by atoms with Gasteiger partial charge in [-0.1, -0.05) is 44.9 Å². The van der Waals surface area contributed by atoms with Crippen LogP contribution in [-0.4, -0.2) is 60.4 Å². The summed E-state index contributed by atoms with van der Waals surface area (Å²) in [6, 6.07) is 7.99. The summed E-state index contributed by atoms with van der Waals surface area (Å²) in [5.41, 5.74) is 1.48. The van der Waals surface area contributed by atoms with Crippen molar-refractivity contribution in [3.63, 3.8) is 0 Å². The van der Waals surface area contributed by atoms with E-state index in [1.807, 2.05) is 35.0 Å². The number of benzene rings is 1. The second-order valence-corrected chi connectivity index (χ2v) is 10.4. The number of carbonyl (C=O) groups is 2. The monoisotopic (exact) mass is 518 g/mol. The minimum atomic E-state index is -0.509. The number of Topliss-reactive ketones (excluding diaryl/α,β-unsaturated/α-hetero) is 1. The molecule has 0 spiro atoms. The molecule has 0 unspecified atom stereocenters. The molecule has 36 heavy (non-hydrogen) atoms. The average Bonchev–Trinajstić information content (AvgIpc) is 3.29. The lowest BCUT2D eigenvalue weighted by atomic mass is 9.94. The molecule has 6 nitrogen and oxygen atoms in total. The van der Waals surface area contributed by atoms with E-state index in [-0.39, 0.29) is 18.4 Å². The lowest BCUT2D eigenvalue weighted by Gasteiger charge is -2.31. The Bertz CT molecular complexity index is 944. The maximum absolute atomic E-state index is 12.7. The molecule has 3 heterocycles. The predicted molar refractivity (Wildman–Crippen MR) is 152 cm³/mol. The molecule has 0 bridgehead atoms. The molecule has 0 atom stereocenters. The average molecular weight is 519 g/mol. The number of fused-ring (bicyclic) bond motifs is 1. The maximum atomic E-state index is 12.7. The van der Waals surface area contributed by atoms with Crippen molar-refractivity contribution in [2.45, 2.75) is 72.3 Å². The number of nitrogens with one attached hydrogen (secondary N) is 2. The largest absolute Gasteiger partial charge is 0.348 e. The highest BCUT2D eigenvalue weighted by atomic mass is 35.5. The van der Waals surface area contributed by atoms with Gasteiger partial charge in [-0.2, -0.15) is 0 Å². The van der Waals surface area contributed by atoms with Crippen molar-refractivity contribution in [1.29, 1.82) is 0 Å². The number of ketones is 1. The lowest BCUT2D eigenvalue weighted by molar-refractivity contribution is -0.117. The van der Waals surface area contributed by atoms with Gasteiger partial charge in [-0.15, -0.1) is 12.4 Å². The van der Waals surface area contributed by atoms with Gasteiger partial charge in [0.25, 0.3) is 11.7 Å². The molecule has 4 rings (SSSR count). The van der Waals surface area contributed by atoms with Crippen molar-refractivity contribution in [2.24, 2.45) is 11.8 Å². The normalized spacial score (nSPS) is 17.4. The number of nitrogens with zero attached hydrogens (tertiary/aromatic N) is 2. The number of amides is 1. The van der Waals surface area contributed by atoms with Crippen molar-refractivity contribution in [1.82, 2.24) is 20.1 Å². The van der Waals surface area contributed by atoms with Crippen LogP contribution >= 0.6 is 12.4 Å². The Morgan fingerprint density at radius 1 is 1.00 bits per heavy atom. The Balaban J connectivity index is 0.000000433. The predicted octanol–water partition coefficient (Wildman–Crippen LogP) is 5.46. The van der Waals surface area contributed by atoms with Crippen molar-refractivity contribution < 1.29 is 9.59 Å². The molecule has 2 aliphatic heterocycles. The van der Waals surface area contributed by atoms with Crippen LogP contribution in [0.3, 0.4) is 0 Å². The smallest absolute Gasteiger partial charge is 0.292 e. The van der Waals surface area contributed by atoms with Gasteiger partial charge < -0.3 is 20.1 Å². The van der Waals surface area contributed by atoms with Crippen LogP contribution in [0.4, 0.5) is 0 Å². The van der Waals surface area contributed by atoms with E-state index in [1.165, 1.54) is 51.6 Å². The molecule has 1 amide bonds. The third-order valence-corrected chi connectivity index (χ3v) is 7.78. The lowest BCUT2D eigenvalue weighted by Crippen LogP contribution is -2.41. The van der Waals surface area contributed by atoms with Crippen LogP contribution in [-0.2, 0) is 4.79 Å². The van der Waals surface area contributed by atoms with E-state index < -0.39 is 11.7 Å². The molecule has 2 aliphatic rings. The molecule has 2 N–H and O–H groups in total. The molecule has 2 aromatic rings. The zero-order chi connectivity index (χ0) is 25.2. The summed E-state index contributed by atoms with van der Waals surface area (Å²) < 4.78 is 2.05. The standard InChI is InChI=1S/C22H31N3O2.C7H15N.ClH/c1-4-17-9-12-24(13-10-17)14-11-23-22(27)21(26)19-15-25(16(2)3)20-8-6-5-7-18(19)20;1-2-7-3-5-8-6-4-7;/h5-8,15-17H,4,9-14H2,1-3H3,(H,23,27);7-8H,2-6H2,1H3;1H. The van der Waals surface area contributed by atoms with Crippen LogP contribution in [0.5, 0.6) is 0 Å². The highest BCUT2D eigenvalue weighted by molar-refractivity contribution is 6.45. The van der Waals surface area contributed by atoms with Crippen LogP contribution in [0.25, 0.3) is 10.9 Å². The van der Waals surface area contributed by atoms with Crippen LogP contribution in [0.15, 0.2) is 30.5 Å². The number of carbonyl (C=O) groups excluding carboxylic acids is 2. The minimum absolute atomic E-state index is 0. The van der Waals surface area contributed by atoms with E-state index >= 15 is 0 Å². The topological polar surface area (TPSA) is 66.4 Å². The summed E-state index contributed by atoms with van der Waals surface area (Å²) in [6.07, 6.45) is 9.71. The first-order valence-corrected chi connectivity index (χ1v) is 13.8. The molecular formula is C29H47ClN4O2. The van der Waals surface area contributed by atoms with E-state index in [0.29, 0.717) is 12.1 Å². The van der Waals surface area contributed by atoms with Crippen molar-refractivity contribution >= 4 is 35.0 Å². The number of hydrogen-bond acceptors (Lipinski definition) is 4. The van der Waals surface area contributed by atoms with E-state index in [4.69, 9.17) is 0 Å². The first kappa shape index (κ1) is 30.3. The molecule has 0 aliphatic carbocycles. The van der Waals surface area contributed by atoms with Gasteiger partial charge >= 0.3 is 0 Å². The molecule has 0 radical (unpaired) electrons. The van der Waals surface area contributed by atoms with Gasteiger partial charge in [-0.05, 0) is 83.6 Å². The second kappa shape index (κ2) is 15.4. The van der Waals surface area contributed by atoms with Gasteiger partial charge in [0.15, 0.2) is 0 Å². The highest BCUT2D eigenvalue weighted by Crippen LogP contribution is 2.25. The number of halogens is 1. The molecule has 1 aromatic heterocycles. The summed E-state index contributed by atoms with van der Waals surface area (Å²) in [4.78, 5) is 27.5. The van der Waals surface area contributed by atoms with Crippen LogP contribution in [0, 0.1) is 11.8 Å². The Kier molecular flexibility index (Phi) is 13.0. The zero-order valence-electron chi connectivity index (χ0n) is 22.7. The van der Waals surface area contributed by atoms with E-state index in [1.54, 1.807) is 0 Å². The maximum Gasteiger partial charge on any atom is 0.292 e. The SMILES string of the molecule is CCC1CCN(CCNC(=O)C(=O)c2cn(C(C)C)c3ccccc23)CC1.CCC1CCNCC1.Cl. The summed E-state index contributed by atoms with van der Waals surface area (Å²) in [5, 5.41) is 7.01. The fraction of sp³-hybridized carbons (Fsp3) is 0.655. The molecule has 7 heteroatoms. The van der Waals surface area contributed by atoms with Crippen molar-refractivity contribution in [2.75, 3.05) is 39.3 Å². The summed E-state index contributed by atoms with van der Waals surface area (Å²) in [5.74, 6) is 0.910. The number of likely N-dealkylation sites (tertiary alicyclic amines) is 1. The summed E-state index contributed by atoms with van der Waals surface area (Å²) in [6.45, 7) is 14.7. The zero-order valence-corrected chi connectivity index (χ0v) is 23.5. The number of para-hydroxylation sites is 1. The minimum Gasteiger partial charge on any atom is -0.348 e. The molecule has 0 saturated carbocycles. The van der Waals surface area contributed by atoms with Crippen molar-refractivity contribution in [3.8, 4) is 0 Å². The molecule has 1 aromatic carbocycles. The fourth-order valence-electron chi connectivity index (χ4n) is 5.25. The van der Waals surface area contributed by atoms with Gasteiger partial charge in [-0.3, -0.25) is 9.59 Å². The summed E-state index contributed by atoms with van der Waals surface area (Å²) in [7, 11) is 0. The van der Waals surface area contributed by atoms with Crippen LogP contribution in [0.1, 0.15) is 82.6 Å². The van der Waals surface area contributed by atoms with Gasteiger partial charge in [0.2, 0.25) is 0 Å². The molecular weight excluding hydrogens is 472 g/mol. The van der Waals surface area contributed by atoms with Crippen molar-refractivity contribution in [3.05, 3.63) is 36.0 Å². The quantitative estimate of drug-likeness (QED) is 0.359. The Hall–Kier alpha value is -1.89. The molecule has 2 fully saturated rings. The van der Waals surface area contributed by atoms with Crippen LogP contribution in [0.2, 0.25) is 0 Å². The highest BCUT2D eigenvalue weighted by Gasteiger charge is 2.23. The number of piperidine rings is 2.